The van der Waals surface area contributed by atoms with Crippen molar-refractivity contribution in [1.82, 2.24) is 5.32 Å². The predicted octanol–water partition coefficient (Wildman–Crippen LogP) is 1.57. The Morgan fingerprint density at radius 3 is 2.72 bits per heavy atom. The van der Waals surface area contributed by atoms with Crippen molar-refractivity contribution in [2.24, 2.45) is 11.1 Å². The summed E-state index contributed by atoms with van der Waals surface area (Å²) in [5.74, 6) is 0.215. The van der Waals surface area contributed by atoms with Crippen LogP contribution in [0.3, 0.4) is 0 Å². The maximum Gasteiger partial charge on any atom is 0.228 e. The molecule has 0 bridgehead atoms. The summed E-state index contributed by atoms with van der Waals surface area (Å²) >= 11 is 0. The van der Waals surface area contributed by atoms with Crippen LogP contribution in [0.25, 0.3) is 0 Å². The highest BCUT2D eigenvalue weighted by molar-refractivity contribution is 5.87. The van der Waals surface area contributed by atoms with E-state index in [1.807, 2.05) is 12.1 Å². The number of fused-ring (bicyclic) bond motifs is 1. The predicted molar refractivity (Wildman–Crippen MR) is 71.2 cm³/mol. The van der Waals surface area contributed by atoms with Gasteiger partial charge in [0.25, 0.3) is 0 Å². The smallest absolute Gasteiger partial charge is 0.228 e. The van der Waals surface area contributed by atoms with Gasteiger partial charge in [-0.25, -0.2) is 0 Å². The van der Waals surface area contributed by atoms with Gasteiger partial charge in [-0.15, -0.1) is 0 Å². The summed E-state index contributed by atoms with van der Waals surface area (Å²) < 4.78 is 0. The molecule has 0 saturated heterocycles. The van der Waals surface area contributed by atoms with Gasteiger partial charge in [-0.05, 0) is 24.0 Å². The van der Waals surface area contributed by atoms with Gasteiger partial charge in [0.05, 0.1) is 5.92 Å². The number of rotatable bonds is 2. The van der Waals surface area contributed by atoms with Crippen molar-refractivity contribution >= 4 is 5.91 Å². The van der Waals surface area contributed by atoms with Gasteiger partial charge < -0.3 is 11.1 Å². The third-order valence-electron chi connectivity index (χ3n) is 4.83. The van der Waals surface area contributed by atoms with Crippen molar-refractivity contribution in [1.29, 1.82) is 0 Å². The lowest BCUT2D eigenvalue weighted by atomic mass is 9.63. The Hall–Kier alpha value is -1.35. The maximum atomic E-state index is 12.2. The standard InChI is InChI=1S/C15H20N2O/c1-15(2)12(16)8-13(15)17-14(18)11-7-9-5-3-4-6-10(9)11/h3-6,11-13H,7-8,16H2,1-2H3,(H,17,18). The first kappa shape index (κ1) is 11.7. The van der Waals surface area contributed by atoms with Crippen LogP contribution in [0.2, 0.25) is 0 Å². The molecule has 1 amide bonds. The SMILES string of the molecule is CC1(C)C(N)CC1NC(=O)C1Cc2ccccc21. The van der Waals surface area contributed by atoms with Crippen LogP contribution in [-0.4, -0.2) is 18.0 Å². The van der Waals surface area contributed by atoms with E-state index in [1.54, 1.807) is 0 Å². The van der Waals surface area contributed by atoms with E-state index in [9.17, 15) is 4.79 Å². The average molecular weight is 244 g/mol. The molecule has 0 radical (unpaired) electrons. The zero-order valence-corrected chi connectivity index (χ0v) is 10.9. The normalized spacial score (nSPS) is 31.8. The molecule has 2 aliphatic rings. The maximum absolute atomic E-state index is 12.2. The number of nitrogens with one attached hydrogen (secondary N) is 1. The van der Waals surface area contributed by atoms with Gasteiger partial charge in [0.15, 0.2) is 0 Å². The molecule has 3 heteroatoms. The third-order valence-corrected chi connectivity index (χ3v) is 4.83. The van der Waals surface area contributed by atoms with Crippen molar-refractivity contribution < 1.29 is 4.79 Å². The van der Waals surface area contributed by atoms with Crippen molar-refractivity contribution in [3.8, 4) is 0 Å². The van der Waals surface area contributed by atoms with Crippen LogP contribution < -0.4 is 11.1 Å². The summed E-state index contributed by atoms with van der Waals surface area (Å²) in [6.45, 7) is 4.25. The van der Waals surface area contributed by atoms with E-state index in [0.29, 0.717) is 0 Å². The van der Waals surface area contributed by atoms with Crippen LogP contribution >= 0.6 is 0 Å². The number of nitrogens with two attached hydrogens (primary N) is 1. The highest BCUT2D eigenvalue weighted by Crippen LogP contribution is 2.40. The first-order valence-electron chi connectivity index (χ1n) is 6.64. The molecule has 0 aromatic heterocycles. The van der Waals surface area contributed by atoms with E-state index >= 15 is 0 Å². The molecule has 18 heavy (non-hydrogen) atoms. The van der Waals surface area contributed by atoms with Gasteiger partial charge >= 0.3 is 0 Å². The van der Waals surface area contributed by atoms with Crippen LogP contribution in [0.1, 0.15) is 37.3 Å². The molecule has 0 heterocycles. The van der Waals surface area contributed by atoms with Crippen LogP contribution in [0.15, 0.2) is 24.3 Å². The topological polar surface area (TPSA) is 55.1 Å². The van der Waals surface area contributed by atoms with Crippen LogP contribution in [0, 0.1) is 5.41 Å². The fraction of sp³-hybridized carbons (Fsp3) is 0.533. The average Bonchev–Trinajstić information content (AvgIpc) is 2.30. The highest BCUT2D eigenvalue weighted by atomic mass is 16.2. The number of carbonyl (C=O) groups excluding carboxylic acids is 1. The lowest BCUT2D eigenvalue weighted by molar-refractivity contribution is -0.126. The number of hydrogen-bond donors (Lipinski definition) is 2. The second-order valence-corrected chi connectivity index (χ2v) is 6.18. The largest absolute Gasteiger partial charge is 0.352 e. The number of benzene rings is 1. The zero-order valence-electron chi connectivity index (χ0n) is 10.9. The monoisotopic (exact) mass is 244 g/mol. The summed E-state index contributed by atoms with van der Waals surface area (Å²) in [5.41, 5.74) is 8.50. The van der Waals surface area contributed by atoms with E-state index in [4.69, 9.17) is 5.73 Å². The van der Waals surface area contributed by atoms with Crippen LogP contribution in [-0.2, 0) is 11.2 Å². The summed E-state index contributed by atoms with van der Waals surface area (Å²) in [6.07, 6.45) is 1.77. The Kier molecular flexibility index (Phi) is 2.49. The molecule has 96 valence electrons. The van der Waals surface area contributed by atoms with Crippen LogP contribution in [0.4, 0.5) is 0 Å². The molecule has 1 aromatic carbocycles. The second-order valence-electron chi connectivity index (χ2n) is 6.18. The minimum Gasteiger partial charge on any atom is -0.352 e. The highest BCUT2D eigenvalue weighted by Gasteiger charge is 2.47. The fourth-order valence-electron chi connectivity index (χ4n) is 2.97. The Labute approximate surface area is 108 Å². The van der Waals surface area contributed by atoms with Gasteiger partial charge in [0.2, 0.25) is 5.91 Å². The Morgan fingerprint density at radius 2 is 2.11 bits per heavy atom. The molecular weight excluding hydrogens is 224 g/mol. The lowest BCUT2D eigenvalue weighted by Crippen LogP contribution is -2.65. The molecule has 1 saturated carbocycles. The molecule has 3 atom stereocenters. The quantitative estimate of drug-likeness (QED) is 0.829. The van der Waals surface area contributed by atoms with Gasteiger partial charge in [0.1, 0.15) is 0 Å². The lowest BCUT2D eigenvalue weighted by Gasteiger charge is -2.51. The van der Waals surface area contributed by atoms with Gasteiger partial charge in [0, 0.05) is 17.5 Å². The molecule has 2 aliphatic carbocycles. The summed E-state index contributed by atoms with van der Waals surface area (Å²) in [5, 5.41) is 3.16. The Balaban J connectivity index is 1.65. The first-order valence-corrected chi connectivity index (χ1v) is 6.64. The van der Waals surface area contributed by atoms with E-state index < -0.39 is 0 Å². The molecular formula is C15H20N2O. The van der Waals surface area contributed by atoms with Crippen molar-refractivity contribution in [3.63, 3.8) is 0 Å². The number of amides is 1. The molecule has 3 rings (SSSR count). The van der Waals surface area contributed by atoms with Gasteiger partial charge in [-0.3, -0.25) is 4.79 Å². The van der Waals surface area contributed by atoms with Gasteiger partial charge in [-0.1, -0.05) is 38.1 Å². The van der Waals surface area contributed by atoms with Crippen molar-refractivity contribution in [2.45, 2.75) is 44.7 Å². The zero-order chi connectivity index (χ0) is 12.9. The Morgan fingerprint density at radius 1 is 1.39 bits per heavy atom. The summed E-state index contributed by atoms with van der Waals surface area (Å²) in [6, 6.07) is 8.62. The molecule has 0 spiro atoms. The van der Waals surface area contributed by atoms with Crippen molar-refractivity contribution in [2.75, 3.05) is 0 Å². The minimum absolute atomic E-state index is 0.0267. The van der Waals surface area contributed by atoms with E-state index in [-0.39, 0.29) is 29.3 Å². The fourth-order valence-corrected chi connectivity index (χ4v) is 2.97. The first-order chi connectivity index (χ1) is 8.50. The van der Waals surface area contributed by atoms with E-state index in [1.165, 1.54) is 11.1 Å². The molecule has 1 fully saturated rings. The molecule has 0 aliphatic heterocycles. The minimum atomic E-state index is 0.0267. The van der Waals surface area contributed by atoms with Crippen LogP contribution in [0.5, 0.6) is 0 Å². The summed E-state index contributed by atoms with van der Waals surface area (Å²) in [4.78, 5) is 12.2. The van der Waals surface area contributed by atoms with E-state index in [2.05, 4.69) is 31.3 Å². The number of hydrogen-bond acceptors (Lipinski definition) is 2. The third kappa shape index (κ3) is 1.57. The molecule has 3 unspecified atom stereocenters. The Bertz CT molecular complexity index is 495. The second kappa shape index (κ2) is 3.82. The molecule has 3 N–H and O–H groups in total. The number of carbonyl (C=O) groups is 1. The van der Waals surface area contributed by atoms with Gasteiger partial charge in [-0.2, -0.15) is 0 Å². The summed E-state index contributed by atoms with van der Waals surface area (Å²) in [7, 11) is 0. The van der Waals surface area contributed by atoms with Crippen molar-refractivity contribution in [3.05, 3.63) is 35.4 Å². The molecule has 3 nitrogen and oxygen atoms in total. The van der Waals surface area contributed by atoms with E-state index in [0.717, 1.165) is 12.8 Å². The molecule has 1 aromatic rings.